The number of ether oxygens (including phenoxy) is 3. The molecule has 2 heterocycles. The maximum Gasteiger partial charge on any atom is 0.254 e. The molecule has 0 aliphatic carbocycles. The monoisotopic (exact) mass is 311 g/mol. The first-order valence-corrected chi connectivity index (χ1v) is 7.86. The van der Waals surface area contributed by atoms with Crippen molar-refractivity contribution in [1.82, 2.24) is 5.16 Å². The maximum atomic E-state index is 12.4. The minimum Gasteiger partial charge on any atom is -0.486 e. The molecular formula is C13H13NO6S. The molecule has 1 aliphatic heterocycles. The minimum absolute atomic E-state index is 0.141. The van der Waals surface area contributed by atoms with E-state index in [0.29, 0.717) is 24.7 Å². The molecule has 0 radical (unpaired) electrons. The number of aromatic nitrogens is 1. The number of hydrogen-bond acceptors (Lipinski definition) is 7. The van der Waals surface area contributed by atoms with Crippen LogP contribution in [-0.2, 0) is 15.6 Å². The van der Waals surface area contributed by atoms with Crippen molar-refractivity contribution in [3.05, 3.63) is 30.0 Å². The van der Waals surface area contributed by atoms with Gasteiger partial charge in [-0.2, -0.15) is 0 Å². The highest BCUT2D eigenvalue weighted by Crippen LogP contribution is 2.33. The van der Waals surface area contributed by atoms with Gasteiger partial charge in [-0.1, -0.05) is 0 Å². The van der Waals surface area contributed by atoms with E-state index in [-0.39, 0.29) is 22.3 Å². The third-order valence-corrected chi connectivity index (χ3v) is 4.59. The lowest BCUT2D eigenvalue weighted by atomic mass is 10.3. The molecule has 1 aromatic carbocycles. The molecule has 0 unspecified atom stereocenters. The van der Waals surface area contributed by atoms with Crippen molar-refractivity contribution in [2.24, 2.45) is 0 Å². The van der Waals surface area contributed by atoms with Crippen molar-refractivity contribution in [2.45, 2.75) is 10.6 Å². The van der Waals surface area contributed by atoms with Crippen LogP contribution >= 0.6 is 0 Å². The topological polar surface area (TPSA) is 87.9 Å². The van der Waals surface area contributed by atoms with E-state index in [9.17, 15) is 8.42 Å². The van der Waals surface area contributed by atoms with E-state index in [0.717, 1.165) is 0 Å². The van der Waals surface area contributed by atoms with Crippen LogP contribution in [0.4, 0.5) is 0 Å². The molecule has 0 fully saturated rings. The van der Waals surface area contributed by atoms with Gasteiger partial charge in [0.05, 0.1) is 12.0 Å². The summed E-state index contributed by atoms with van der Waals surface area (Å²) in [6, 6.07) is 5.96. The molecule has 1 aromatic heterocycles. The Bertz CT molecular complexity index is 752. The predicted octanol–water partition coefficient (Wildman–Crippen LogP) is 1.43. The zero-order chi connectivity index (χ0) is 14.9. The van der Waals surface area contributed by atoms with Crippen LogP contribution < -0.4 is 14.2 Å². The van der Waals surface area contributed by atoms with Crippen molar-refractivity contribution < 1.29 is 27.2 Å². The second kappa shape index (κ2) is 5.28. The lowest BCUT2D eigenvalue weighted by molar-refractivity contribution is 0.171. The highest BCUT2D eigenvalue weighted by molar-refractivity contribution is 7.90. The Labute approximate surface area is 121 Å². The van der Waals surface area contributed by atoms with Crippen LogP contribution in [0.5, 0.6) is 17.4 Å². The number of methoxy groups -OCH3 is 1. The maximum absolute atomic E-state index is 12.4. The van der Waals surface area contributed by atoms with Crippen molar-refractivity contribution in [3.8, 4) is 17.4 Å². The summed E-state index contributed by atoms with van der Waals surface area (Å²) in [6.45, 7) is 0.854. The molecule has 3 rings (SSSR count). The third-order valence-electron chi connectivity index (χ3n) is 2.95. The second-order valence-corrected chi connectivity index (χ2v) is 6.39. The van der Waals surface area contributed by atoms with Gasteiger partial charge in [0.25, 0.3) is 5.88 Å². The number of hydrogen-bond donors (Lipinski definition) is 0. The zero-order valence-corrected chi connectivity index (χ0v) is 12.1. The number of sulfone groups is 1. The molecule has 0 atom stereocenters. The summed E-state index contributed by atoms with van der Waals surface area (Å²) < 4.78 is 45.2. The predicted molar refractivity (Wildman–Crippen MR) is 71.4 cm³/mol. The standard InChI is InChI=1S/C13H13NO6S/c1-17-13-6-9(20-14-13)8-21(15,16)10-2-3-11-12(7-10)19-5-4-18-11/h2-3,6-7H,4-5,8H2,1H3. The van der Waals surface area contributed by atoms with Crippen LogP contribution in [0.25, 0.3) is 0 Å². The average molecular weight is 311 g/mol. The molecule has 7 nitrogen and oxygen atoms in total. The van der Waals surface area contributed by atoms with Gasteiger partial charge in [-0.3, -0.25) is 0 Å². The normalized spacial score (nSPS) is 14.0. The van der Waals surface area contributed by atoms with Crippen LogP contribution in [0.15, 0.2) is 33.7 Å². The molecular weight excluding hydrogens is 298 g/mol. The SMILES string of the molecule is COc1cc(CS(=O)(=O)c2ccc3c(c2)OCCO3)on1. The van der Waals surface area contributed by atoms with Gasteiger partial charge in [-0.25, -0.2) is 8.42 Å². The molecule has 21 heavy (non-hydrogen) atoms. The molecule has 0 amide bonds. The summed E-state index contributed by atoms with van der Waals surface area (Å²) in [6.07, 6.45) is 0. The van der Waals surface area contributed by atoms with Crippen LogP contribution in [0.3, 0.4) is 0 Å². The Kier molecular flexibility index (Phi) is 3.46. The molecule has 0 saturated carbocycles. The van der Waals surface area contributed by atoms with Crippen molar-refractivity contribution in [3.63, 3.8) is 0 Å². The van der Waals surface area contributed by atoms with E-state index in [2.05, 4.69) is 5.16 Å². The summed E-state index contributed by atoms with van der Waals surface area (Å²) in [5.41, 5.74) is 0. The molecule has 8 heteroatoms. The molecule has 0 saturated heterocycles. The van der Waals surface area contributed by atoms with Crippen molar-refractivity contribution in [2.75, 3.05) is 20.3 Å². The number of fused-ring (bicyclic) bond motifs is 1. The van der Waals surface area contributed by atoms with Crippen LogP contribution in [-0.4, -0.2) is 33.9 Å². The molecule has 112 valence electrons. The quantitative estimate of drug-likeness (QED) is 0.844. The Morgan fingerprint density at radius 3 is 2.67 bits per heavy atom. The molecule has 0 N–H and O–H groups in total. The Morgan fingerprint density at radius 2 is 1.95 bits per heavy atom. The van der Waals surface area contributed by atoms with Crippen molar-refractivity contribution in [1.29, 1.82) is 0 Å². The fourth-order valence-corrected chi connectivity index (χ4v) is 3.19. The summed E-state index contributed by atoms with van der Waals surface area (Å²) in [5, 5.41) is 3.58. The van der Waals surface area contributed by atoms with Gasteiger partial charge in [0.2, 0.25) is 0 Å². The van der Waals surface area contributed by atoms with Crippen molar-refractivity contribution >= 4 is 9.84 Å². The minimum atomic E-state index is -3.57. The van der Waals surface area contributed by atoms with Gasteiger partial charge < -0.3 is 18.7 Å². The fraction of sp³-hybridized carbons (Fsp3) is 0.308. The largest absolute Gasteiger partial charge is 0.486 e. The highest BCUT2D eigenvalue weighted by Gasteiger charge is 2.22. The lowest BCUT2D eigenvalue weighted by Crippen LogP contribution is -2.16. The molecule has 2 aromatic rings. The second-order valence-electron chi connectivity index (χ2n) is 4.40. The van der Waals surface area contributed by atoms with E-state index in [1.807, 2.05) is 0 Å². The molecule has 0 bridgehead atoms. The van der Waals surface area contributed by atoms with Crippen LogP contribution in [0.1, 0.15) is 5.76 Å². The number of nitrogens with zero attached hydrogens (tertiary/aromatic N) is 1. The van der Waals surface area contributed by atoms with E-state index < -0.39 is 9.84 Å². The van der Waals surface area contributed by atoms with Gasteiger partial charge in [0.1, 0.15) is 19.0 Å². The van der Waals surface area contributed by atoms with Gasteiger partial charge >= 0.3 is 0 Å². The smallest absolute Gasteiger partial charge is 0.254 e. The molecule has 0 spiro atoms. The van der Waals surface area contributed by atoms with Gasteiger partial charge in [0, 0.05) is 12.1 Å². The number of benzene rings is 1. The Balaban J connectivity index is 1.87. The van der Waals surface area contributed by atoms with Crippen LogP contribution in [0, 0.1) is 0 Å². The van der Waals surface area contributed by atoms with Gasteiger partial charge in [-0.05, 0) is 17.3 Å². The highest BCUT2D eigenvalue weighted by atomic mass is 32.2. The van der Waals surface area contributed by atoms with E-state index in [1.165, 1.54) is 25.3 Å². The first-order valence-electron chi connectivity index (χ1n) is 6.20. The summed E-state index contributed by atoms with van der Waals surface area (Å²) in [7, 11) is -2.14. The first-order chi connectivity index (χ1) is 10.1. The molecule has 1 aliphatic rings. The van der Waals surface area contributed by atoms with E-state index >= 15 is 0 Å². The van der Waals surface area contributed by atoms with Gasteiger partial charge in [0.15, 0.2) is 27.1 Å². The first kappa shape index (κ1) is 13.7. The lowest BCUT2D eigenvalue weighted by Gasteiger charge is -2.18. The van der Waals surface area contributed by atoms with E-state index in [4.69, 9.17) is 18.7 Å². The fourth-order valence-electron chi connectivity index (χ4n) is 1.95. The van der Waals surface area contributed by atoms with Gasteiger partial charge in [-0.15, -0.1) is 0 Å². The average Bonchev–Trinajstić information content (AvgIpc) is 2.93. The number of rotatable bonds is 4. The van der Waals surface area contributed by atoms with E-state index in [1.54, 1.807) is 6.07 Å². The van der Waals surface area contributed by atoms with Crippen LogP contribution in [0.2, 0.25) is 0 Å². The Morgan fingerprint density at radius 1 is 1.19 bits per heavy atom. The summed E-state index contributed by atoms with van der Waals surface area (Å²) in [5.74, 6) is 1.12. The summed E-state index contributed by atoms with van der Waals surface area (Å²) in [4.78, 5) is 0.141. The third kappa shape index (κ3) is 2.80. The summed E-state index contributed by atoms with van der Waals surface area (Å²) >= 11 is 0. The Hall–Kier alpha value is -2.22. The zero-order valence-electron chi connectivity index (χ0n) is 11.2.